The summed E-state index contributed by atoms with van der Waals surface area (Å²) in [5, 5.41) is 0. The van der Waals surface area contributed by atoms with E-state index in [9.17, 15) is 0 Å². The molecule has 4 nitrogen and oxygen atoms in total. The Balaban J connectivity index is 0.00000110. The molecule has 2 aromatic heterocycles. The van der Waals surface area contributed by atoms with Crippen LogP contribution in [0.3, 0.4) is 0 Å². The van der Waals surface area contributed by atoms with E-state index in [-0.39, 0.29) is 24.8 Å². The van der Waals surface area contributed by atoms with Crippen molar-refractivity contribution in [2.45, 2.75) is 11.4 Å². The van der Waals surface area contributed by atoms with Crippen molar-refractivity contribution < 1.29 is 0 Å². The van der Waals surface area contributed by atoms with Crippen LogP contribution in [0.5, 0.6) is 0 Å². The van der Waals surface area contributed by atoms with Gasteiger partial charge in [0, 0.05) is 29.2 Å². The summed E-state index contributed by atoms with van der Waals surface area (Å²) >= 11 is 1.75. The van der Waals surface area contributed by atoms with Gasteiger partial charge in [0.1, 0.15) is 0 Å². The molecule has 0 bridgehead atoms. The average molecular weight is 343 g/mol. The topological polar surface area (TPSA) is 35.6 Å². The zero-order valence-corrected chi connectivity index (χ0v) is 13.9. The average Bonchev–Trinajstić information content (AvgIpc) is 3.11. The molecule has 3 rings (SSSR count). The second-order valence-corrected chi connectivity index (χ2v) is 5.08. The Hall–Kier alpha value is -1.43. The predicted octanol–water partition coefficient (Wildman–Crippen LogP) is 3.68. The molecule has 0 aliphatic heterocycles. The van der Waals surface area contributed by atoms with Gasteiger partial charge in [-0.3, -0.25) is 0 Å². The second-order valence-electron chi connectivity index (χ2n) is 4.21. The van der Waals surface area contributed by atoms with E-state index in [0.717, 1.165) is 17.9 Å². The Bertz CT molecular complexity index is 650. The number of hydrogen-bond acceptors (Lipinski definition) is 3. The lowest BCUT2D eigenvalue weighted by molar-refractivity contribution is 0.778. The van der Waals surface area contributed by atoms with Gasteiger partial charge in [0.2, 0.25) is 0 Å². The summed E-state index contributed by atoms with van der Waals surface area (Å²) < 4.78 is 4.04. The van der Waals surface area contributed by atoms with Crippen LogP contribution in [0.2, 0.25) is 0 Å². The maximum atomic E-state index is 4.42. The molecule has 0 spiro atoms. The van der Waals surface area contributed by atoms with E-state index in [1.807, 2.05) is 27.9 Å². The van der Waals surface area contributed by atoms with Crippen molar-refractivity contribution in [1.82, 2.24) is 19.1 Å². The number of aromatic nitrogens is 4. The van der Waals surface area contributed by atoms with Gasteiger partial charge >= 0.3 is 0 Å². The van der Waals surface area contributed by atoms with Crippen LogP contribution < -0.4 is 0 Å². The van der Waals surface area contributed by atoms with Gasteiger partial charge in [-0.2, -0.15) is 0 Å². The minimum absolute atomic E-state index is 0. The number of benzene rings is 1. The van der Waals surface area contributed by atoms with E-state index in [2.05, 4.69) is 40.5 Å². The highest BCUT2D eigenvalue weighted by Gasteiger charge is 2.02. The maximum Gasteiger partial charge on any atom is 0.0996 e. The van der Waals surface area contributed by atoms with Crippen LogP contribution in [-0.4, -0.2) is 25.4 Å². The third-order valence-corrected chi connectivity index (χ3v) is 3.65. The smallest absolute Gasteiger partial charge is 0.0996 e. The van der Waals surface area contributed by atoms with Crippen LogP contribution in [-0.2, 0) is 6.54 Å². The molecule has 0 saturated carbocycles. The van der Waals surface area contributed by atoms with Gasteiger partial charge in [0.25, 0.3) is 0 Å². The lowest BCUT2D eigenvalue weighted by Gasteiger charge is -2.02. The van der Waals surface area contributed by atoms with Gasteiger partial charge in [-0.25, -0.2) is 9.97 Å². The van der Waals surface area contributed by atoms with E-state index < -0.39 is 0 Å². The first kappa shape index (κ1) is 17.6. The molecule has 0 atom stereocenters. The molecular weight excluding hydrogens is 327 g/mol. The van der Waals surface area contributed by atoms with Crippen LogP contribution >= 0.6 is 36.6 Å². The van der Waals surface area contributed by atoms with Crippen LogP contribution in [0.25, 0.3) is 5.69 Å². The van der Waals surface area contributed by atoms with Gasteiger partial charge in [-0.05, 0) is 30.5 Å². The van der Waals surface area contributed by atoms with E-state index in [1.165, 1.54) is 4.90 Å². The molecule has 0 N–H and O–H groups in total. The molecule has 0 fully saturated rings. The van der Waals surface area contributed by atoms with E-state index in [0.29, 0.717) is 0 Å². The minimum Gasteiger partial charge on any atom is -0.331 e. The molecule has 1 aromatic carbocycles. The van der Waals surface area contributed by atoms with Crippen LogP contribution in [0.4, 0.5) is 0 Å². The first-order valence-corrected chi connectivity index (χ1v) is 7.20. The zero-order chi connectivity index (χ0) is 13.1. The first-order valence-electron chi connectivity index (χ1n) is 5.98. The molecule has 0 radical (unpaired) electrons. The molecule has 0 saturated heterocycles. The number of rotatable bonds is 4. The molecule has 0 aliphatic rings. The second kappa shape index (κ2) is 8.12. The first-order chi connectivity index (χ1) is 9.35. The minimum atomic E-state index is 0. The largest absolute Gasteiger partial charge is 0.331 e. The fourth-order valence-electron chi connectivity index (χ4n) is 1.91. The van der Waals surface area contributed by atoms with Gasteiger partial charge < -0.3 is 9.13 Å². The quantitative estimate of drug-likeness (QED) is 0.678. The van der Waals surface area contributed by atoms with Gasteiger partial charge in [0.05, 0.1) is 24.9 Å². The molecule has 21 heavy (non-hydrogen) atoms. The highest BCUT2D eigenvalue weighted by atomic mass is 35.5. The fourth-order valence-corrected chi connectivity index (χ4v) is 2.32. The SMILES string of the molecule is CSc1ccc(-n2cnc(Cn3ccnc3)c2)cc1.Cl.Cl. The number of thioether (sulfide) groups is 1. The summed E-state index contributed by atoms with van der Waals surface area (Å²) in [4.78, 5) is 9.71. The molecule has 0 amide bonds. The van der Waals surface area contributed by atoms with Crippen molar-refractivity contribution in [3.63, 3.8) is 0 Å². The standard InChI is InChI=1S/C14H14N4S.2ClH/c1-19-14-4-2-13(3-5-14)18-9-12(16-11-18)8-17-7-6-15-10-17;;/h2-7,9-11H,8H2,1H3;2*1H. The van der Waals surface area contributed by atoms with E-state index in [1.54, 1.807) is 24.3 Å². The lowest BCUT2D eigenvalue weighted by Crippen LogP contribution is -1.96. The summed E-state index contributed by atoms with van der Waals surface area (Å²) in [6, 6.07) is 8.45. The monoisotopic (exact) mass is 342 g/mol. The van der Waals surface area contributed by atoms with E-state index >= 15 is 0 Å². The number of nitrogens with zero attached hydrogens (tertiary/aromatic N) is 4. The normalized spacial score (nSPS) is 9.76. The number of halogens is 2. The Kier molecular flexibility index (Phi) is 6.81. The molecule has 7 heteroatoms. The lowest BCUT2D eigenvalue weighted by atomic mass is 10.3. The van der Waals surface area contributed by atoms with Crippen molar-refractivity contribution in [3.8, 4) is 5.69 Å². The van der Waals surface area contributed by atoms with Crippen LogP contribution in [0.15, 0.2) is 60.4 Å². The summed E-state index contributed by atoms with van der Waals surface area (Å²) in [6.45, 7) is 0.746. The fraction of sp³-hybridized carbons (Fsp3) is 0.143. The Morgan fingerprint density at radius 3 is 2.48 bits per heavy atom. The van der Waals surface area contributed by atoms with Crippen molar-refractivity contribution in [1.29, 1.82) is 0 Å². The number of imidazole rings is 2. The Morgan fingerprint density at radius 2 is 1.86 bits per heavy atom. The van der Waals surface area contributed by atoms with Crippen LogP contribution in [0, 0.1) is 0 Å². The van der Waals surface area contributed by atoms with Gasteiger partial charge in [0.15, 0.2) is 0 Å². The summed E-state index contributed by atoms with van der Waals surface area (Å²) in [6.07, 6.45) is 11.5. The molecule has 0 aliphatic carbocycles. The summed E-state index contributed by atoms with van der Waals surface area (Å²) in [5.41, 5.74) is 2.15. The number of hydrogen-bond donors (Lipinski definition) is 0. The van der Waals surface area contributed by atoms with Gasteiger partial charge in [-0.1, -0.05) is 0 Å². The summed E-state index contributed by atoms with van der Waals surface area (Å²) in [7, 11) is 0. The Morgan fingerprint density at radius 1 is 1.10 bits per heavy atom. The summed E-state index contributed by atoms with van der Waals surface area (Å²) in [5.74, 6) is 0. The zero-order valence-electron chi connectivity index (χ0n) is 11.4. The molecule has 112 valence electrons. The highest BCUT2D eigenvalue weighted by molar-refractivity contribution is 7.98. The molecule has 0 unspecified atom stereocenters. The third kappa shape index (κ3) is 4.27. The van der Waals surface area contributed by atoms with Crippen molar-refractivity contribution in [3.05, 3.63) is 61.2 Å². The maximum absolute atomic E-state index is 4.42. The highest BCUT2D eigenvalue weighted by Crippen LogP contribution is 2.17. The predicted molar refractivity (Wildman–Crippen MR) is 91.2 cm³/mol. The van der Waals surface area contributed by atoms with Crippen molar-refractivity contribution in [2.24, 2.45) is 0 Å². The van der Waals surface area contributed by atoms with Gasteiger partial charge in [-0.15, -0.1) is 36.6 Å². The van der Waals surface area contributed by atoms with Crippen molar-refractivity contribution >= 4 is 36.6 Å². The molecule has 3 aromatic rings. The third-order valence-electron chi connectivity index (χ3n) is 2.91. The Labute approximate surface area is 140 Å². The molecule has 2 heterocycles. The van der Waals surface area contributed by atoms with Crippen molar-refractivity contribution in [2.75, 3.05) is 6.26 Å². The van der Waals surface area contributed by atoms with E-state index in [4.69, 9.17) is 0 Å². The van der Waals surface area contributed by atoms with Crippen LogP contribution in [0.1, 0.15) is 5.69 Å². The molecular formula is C14H16Cl2N4S.